The second kappa shape index (κ2) is 8.26. The molecule has 31 heavy (non-hydrogen) atoms. The number of amides is 1. The number of nitrogens with zero attached hydrogens (tertiary/aromatic N) is 3. The van der Waals surface area contributed by atoms with Crippen LogP contribution in [0.25, 0.3) is 10.9 Å². The fraction of sp³-hybridized carbons (Fsp3) is 0.250. The van der Waals surface area contributed by atoms with E-state index in [0.29, 0.717) is 18.0 Å². The number of rotatable bonds is 5. The fourth-order valence-electron chi connectivity index (χ4n) is 2.98. The molecule has 3 aromatic rings. The van der Waals surface area contributed by atoms with Gasteiger partial charge in [-0.3, -0.25) is 20.1 Å². The minimum Gasteiger partial charge on any atom is -0.457 e. The molecule has 0 aliphatic carbocycles. The predicted molar refractivity (Wildman–Crippen MR) is 109 cm³/mol. The van der Waals surface area contributed by atoms with Crippen molar-refractivity contribution in [2.45, 2.75) is 12.7 Å². The Morgan fingerprint density at radius 3 is 2.52 bits per heavy atom. The van der Waals surface area contributed by atoms with Gasteiger partial charge in [0.05, 0.1) is 16.8 Å². The molecule has 8 nitrogen and oxygen atoms in total. The Morgan fingerprint density at radius 2 is 1.90 bits per heavy atom. The smallest absolute Gasteiger partial charge is 0.417 e. The van der Waals surface area contributed by atoms with E-state index in [0.717, 1.165) is 17.0 Å². The molecule has 0 aliphatic heterocycles. The van der Waals surface area contributed by atoms with Gasteiger partial charge in [-0.2, -0.15) is 13.2 Å². The molecule has 2 heterocycles. The van der Waals surface area contributed by atoms with Crippen LogP contribution in [0.3, 0.4) is 0 Å². The van der Waals surface area contributed by atoms with Gasteiger partial charge in [-0.25, -0.2) is 0 Å². The Kier molecular flexibility index (Phi) is 5.89. The first-order chi connectivity index (χ1) is 14.5. The number of hydrogen-bond donors (Lipinski definition) is 3. The number of carbonyl (C=O) groups is 1. The van der Waals surface area contributed by atoms with Gasteiger partial charge >= 0.3 is 6.18 Å². The third kappa shape index (κ3) is 4.94. The highest BCUT2D eigenvalue weighted by Crippen LogP contribution is 2.39. The summed E-state index contributed by atoms with van der Waals surface area (Å²) in [6.07, 6.45) is -3.17. The number of carbonyl (C=O) groups excluding carboxylic acids is 1. The Morgan fingerprint density at radius 1 is 1.19 bits per heavy atom. The van der Waals surface area contributed by atoms with Gasteiger partial charge in [0.25, 0.3) is 5.91 Å². The van der Waals surface area contributed by atoms with Crippen LogP contribution in [0.5, 0.6) is 11.5 Å². The van der Waals surface area contributed by atoms with E-state index in [2.05, 4.69) is 9.97 Å². The van der Waals surface area contributed by atoms with Crippen molar-refractivity contribution >= 4 is 22.8 Å². The van der Waals surface area contributed by atoms with E-state index >= 15 is 0 Å². The quantitative estimate of drug-likeness (QED) is 0.421. The predicted octanol–water partition coefficient (Wildman–Crippen LogP) is 3.40. The molecule has 3 rings (SSSR count). The number of aromatic amines is 1. The monoisotopic (exact) mass is 434 g/mol. The number of alkyl halides is 3. The van der Waals surface area contributed by atoms with Crippen molar-refractivity contribution in [2.24, 2.45) is 5.73 Å². The Bertz CT molecular complexity index is 1140. The SMILES string of the molecule is CN(C)Cc1cc(Oc2cc(C(F)(F)F)c3cc(C(=O)N(C)C(=N)N)[nH]c3c2)ccn1. The maximum Gasteiger partial charge on any atom is 0.417 e. The molecule has 0 fully saturated rings. The van der Waals surface area contributed by atoms with Crippen molar-refractivity contribution in [3.63, 3.8) is 0 Å². The average Bonchev–Trinajstić information content (AvgIpc) is 3.09. The summed E-state index contributed by atoms with van der Waals surface area (Å²) < 4.78 is 46.8. The van der Waals surface area contributed by atoms with Crippen LogP contribution in [0.1, 0.15) is 21.7 Å². The highest BCUT2D eigenvalue weighted by molar-refractivity contribution is 6.06. The van der Waals surface area contributed by atoms with E-state index in [4.69, 9.17) is 15.9 Å². The number of fused-ring (bicyclic) bond motifs is 1. The van der Waals surface area contributed by atoms with E-state index in [9.17, 15) is 18.0 Å². The van der Waals surface area contributed by atoms with Crippen molar-refractivity contribution in [3.05, 3.63) is 53.5 Å². The normalized spacial score (nSPS) is 11.7. The summed E-state index contributed by atoms with van der Waals surface area (Å²) in [7, 11) is 4.99. The Balaban J connectivity index is 2.04. The van der Waals surface area contributed by atoms with Crippen LogP contribution in [0.4, 0.5) is 13.2 Å². The molecule has 0 spiro atoms. The number of aromatic nitrogens is 2. The van der Waals surface area contributed by atoms with Gasteiger partial charge in [0.15, 0.2) is 5.96 Å². The molecule has 2 aromatic heterocycles. The van der Waals surface area contributed by atoms with Crippen LogP contribution in [0.15, 0.2) is 36.5 Å². The number of nitrogens with two attached hydrogens (primary N) is 1. The standard InChI is InChI=1S/C20H21F3N6O2/c1-28(2)10-11-6-12(4-5-26-11)31-13-7-15(20(21,22)23)14-9-17(27-16(14)8-13)18(30)29(3)19(24)25/h4-9,27H,10H2,1-3H3,(H3,24,25). The summed E-state index contributed by atoms with van der Waals surface area (Å²) in [5.41, 5.74) is 4.96. The maximum absolute atomic E-state index is 13.7. The molecule has 0 saturated heterocycles. The average molecular weight is 434 g/mol. The number of ether oxygens (including phenoxy) is 1. The van der Waals surface area contributed by atoms with Crippen LogP contribution in [0.2, 0.25) is 0 Å². The van der Waals surface area contributed by atoms with Gasteiger partial charge in [0, 0.05) is 37.3 Å². The summed E-state index contributed by atoms with van der Waals surface area (Å²) in [6.45, 7) is 0.538. The van der Waals surface area contributed by atoms with Crippen molar-refractivity contribution in [3.8, 4) is 11.5 Å². The number of H-pyrrole nitrogens is 1. The van der Waals surface area contributed by atoms with Crippen molar-refractivity contribution in [1.82, 2.24) is 19.8 Å². The lowest BCUT2D eigenvalue weighted by molar-refractivity contribution is -0.136. The molecule has 4 N–H and O–H groups in total. The zero-order valence-corrected chi connectivity index (χ0v) is 17.0. The van der Waals surface area contributed by atoms with Crippen molar-refractivity contribution < 1.29 is 22.7 Å². The molecular weight excluding hydrogens is 413 g/mol. The summed E-state index contributed by atoms with van der Waals surface area (Å²) in [4.78, 5) is 22.0. The Hall–Kier alpha value is -3.60. The second-order valence-electron chi connectivity index (χ2n) is 7.18. The first-order valence-corrected chi connectivity index (χ1v) is 9.09. The van der Waals surface area contributed by atoms with Crippen molar-refractivity contribution in [2.75, 3.05) is 21.1 Å². The number of halogens is 3. The lowest BCUT2D eigenvalue weighted by atomic mass is 10.1. The molecule has 0 radical (unpaired) electrons. The zero-order chi connectivity index (χ0) is 22.9. The van der Waals surface area contributed by atoms with Crippen molar-refractivity contribution in [1.29, 1.82) is 5.41 Å². The first-order valence-electron chi connectivity index (χ1n) is 9.09. The van der Waals surface area contributed by atoms with Gasteiger partial charge in [0.1, 0.15) is 17.2 Å². The van der Waals surface area contributed by atoms with Crippen LogP contribution in [-0.2, 0) is 12.7 Å². The maximum atomic E-state index is 13.7. The summed E-state index contributed by atoms with van der Waals surface area (Å²) in [6, 6.07) is 6.53. The van der Waals surface area contributed by atoms with E-state index in [1.165, 1.54) is 19.3 Å². The molecule has 11 heteroatoms. The summed E-state index contributed by atoms with van der Waals surface area (Å²) in [5.74, 6) is -0.988. The number of pyridine rings is 1. The molecule has 0 saturated carbocycles. The van der Waals surface area contributed by atoms with Gasteiger partial charge in [0.2, 0.25) is 0 Å². The first kappa shape index (κ1) is 22.1. The number of hydrogen-bond acceptors (Lipinski definition) is 5. The molecule has 0 bridgehead atoms. The number of guanidine groups is 1. The molecule has 0 unspecified atom stereocenters. The van der Waals surface area contributed by atoms with Crippen LogP contribution in [-0.4, -0.2) is 52.8 Å². The Labute approximate surface area is 175 Å². The minimum atomic E-state index is -4.68. The largest absolute Gasteiger partial charge is 0.457 e. The van der Waals surface area contributed by atoms with E-state index in [-0.39, 0.29) is 22.3 Å². The lowest BCUT2D eigenvalue weighted by Gasteiger charge is -2.13. The number of nitrogens with one attached hydrogen (secondary N) is 2. The van der Waals surface area contributed by atoms with Gasteiger partial charge in [-0.15, -0.1) is 0 Å². The fourth-order valence-corrected chi connectivity index (χ4v) is 2.98. The van der Waals surface area contributed by atoms with E-state index in [1.807, 2.05) is 19.0 Å². The third-order valence-corrected chi connectivity index (χ3v) is 4.42. The second-order valence-corrected chi connectivity index (χ2v) is 7.18. The van der Waals surface area contributed by atoms with Gasteiger partial charge < -0.3 is 20.4 Å². The highest BCUT2D eigenvalue weighted by Gasteiger charge is 2.34. The molecule has 1 aromatic carbocycles. The lowest BCUT2D eigenvalue weighted by Crippen LogP contribution is -2.38. The highest BCUT2D eigenvalue weighted by atomic mass is 19.4. The summed E-state index contributed by atoms with van der Waals surface area (Å²) in [5, 5.41) is 7.14. The minimum absolute atomic E-state index is 0.0531. The van der Waals surface area contributed by atoms with Gasteiger partial charge in [-0.05, 0) is 32.3 Å². The van der Waals surface area contributed by atoms with E-state index in [1.54, 1.807) is 12.1 Å². The molecule has 0 aliphatic rings. The van der Waals surface area contributed by atoms with E-state index < -0.39 is 23.6 Å². The molecule has 1 amide bonds. The van der Waals surface area contributed by atoms with Crippen LogP contribution < -0.4 is 10.5 Å². The topological polar surface area (TPSA) is 111 Å². The van der Waals surface area contributed by atoms with Gasteiger partial charge in [-0.1, -0.05) is 0 Å². The van der Waals surface area contributed by atoms with Crippen LogP contribution in [0, 0.1) is 5.41 Å². The summed E-state index contributed by atoms with van der Waals surface area (Å²) >= 11 is 0. The third-order valence-electron chi connectivity index (χ3n) is 4.42. The zero-order valence-electron chi connectivity index (χ0n) is 17.0. The number of benzene rings is 1. The molecule has 164 valence electrons. The molecular formula is C20H21F3N6O2. The molecule has 0 atom stereocenters. The van der Waals surface area contributed by atoms with Crippen LogP contribution >= 0.6 is 0 Å².